The summed E-state index contributed by atoms with van der Waals surface area (Å²) in [6.07, 6.45) is 3.82. The number of hydrogen-bond acceptors (Lipinski definition) is 3. The second-order valence-electron chi connectivity index (χ2n) is 7.10. The fourth-order valence-corrected chi connectivity index (χ4v) is 3.21. The van der Waals surface area contributed by atoms with Crippen molar-refractivity contribution in [2.45, 2.75) is 45.1 Å². The fraction of sp³-hybridized carbons (Fsp3) is 0.579. The van der Waals surface area contributed by atoms with Gasteiger partial charge in [-0.05, 0) is 56.2 Å². The number of aliphatic hydroxyl groups is 1. The number of carbonyl (C=O) groups excluding carboxylic acids is 2. The number of likely N-dealkylation sites (tertiary alicyclic amines) is 1. The number of aliphatic hydroxyl groups excluding tert-OH is 1. The lowest BCUT2D eigenvalue weighted by Crippen LogP contribution is -2.41. The van der Waals surface area contributed by atoms with Crippen LogP contribution in [-0.4, -0.2) is 41.0 Å². The molecule has 2 aliphatic rings. The van der Waals surface area contributed by atoms with E-state index in [1.807, 2.05) is 36.1 Å². The van der Waals surface area contributed by atoms with Crippen LogP contribution in [0.5, 0.6) is 0 Å². The molecule has 1 aromatic carbocycles. The predicted octanol–water partition coefficient (Wildman–Crippen LogP) is 2.20. The molecule has 3 rings (SSSR count). The lowest BCUT2D eigenvalue weighted by Gasteiger charge is -2.33. The van der Waals surface area contributed by atoms with Gasteiger partial charge in [0.1, 0.15) is 0 Å². The molecule has 2 fully saturated rings. The van der Waals surface area contributed by atoms with Crippen molar-refractivity contribution in [2.24, 2.45) is 11.8 Å². The van der Waals surface area contributed by atoms with Gasteiger partial charge >= 0.3 is 0 Å². The number of rotatable bonds is 5. The molecule has 1 aliphatic heterocycles. The largest absolute Gasteiger partial charge is 0.393 e. The normalized spacial score (nSPS) is 19.8. The topological polar surface area (TPSA) is 69.6 Å². The van der Waals surface area contributed by atoms with Crippen molar-refractivity contribution in [1.82, 2.24) is 4.90 Å². The zero-order valence-electron chi connectivity index (χ0n) is 14.2. The Hall–Kier alpha value is -1.88. The van der Waals surface area contributed by atoms with Crippen LogP contribution in [-0.2, 0) is 16.0 Å². The van der Waals surface area contributed by atoms with E-state index in [-0.39, 0.29) is 23.8 Å². The van der Waals surface area contributed by atoms with Crippen molar-refractivity contribution >= 4 is 17.5 Å². The molecular weight excluding hydrogens is 304 g/mol. The maximum Gasteiger partial charge on any atom is 0.227 e. The summed E-state index contributed by atoms with van der Waals surface area (Å²) in [4.78, 5) is 26.0. The molecule has 1 saturated heterocycles. The molecule has 0 aromatic heterocycles. The third-order valence-corrected chi connectivity index (χ3v) is 5.10. The van der Waals surface area contributed by atoms with Crippen molar-refractivity contribution in [2.75, 3.05) is 18.4 Å². The Bertz CT molecular complexity index is 585. The number of anilines is 1. The van der Waals surface area contributed by atoms with Gasteiger partial charge in [0.25, 0.3) is 0 Å². The minimum absolute atomic E-state index is 0.0970. The molecule has 0 spiro atoms. The Kier molecular flexibility index (Phi) is 5.19. The van der Waals surface area contributed by atoms with Gasteiger partial charge in [-0.3, -0.25) is 9.59 Å². The Morgan fingerprint density at radius 2 is 1.79 bits per heavy atom. The number of benzene rings is 1. The molecule has 0 radical (unpaired) electrons. The van der Waals surface area contributed by atoms with Crippen molar-refractivity contribution in [3.8, 4) is 0 Å². The summed E-state index contributed by atoms with van der Waals surface area (Å²) in [5, 5.41) is 12.5. The number of piperidine rings is 1. The highest BCUT2D eigenvalue weighted by Gasteiger charge is 2.29. The second-order valence-corrected chi connectivity index (χ2v) is 7.10. The molecule has 1 unspecified atom stereocenters. The summed E-state index contributed by atoms with van der Waals surface area (Å²) >= 11 is 0. The van der Waals surface area contributed by atoms with Gasteiger partial charge in [-0.1, -0.05) is 12.1 Å². The first kappa shape index (κ1) is 17.0. The summed E-state index contributed by atoms with van der Waals surface area (Å²) in [6.45, 7) is 3.28. The third-order valence-electron chi connectivity index (χ3n) is 5.10. The van der Waals surface area contributed by atoms with E-state index in [2.05, 4.69) is 5.32 Å². The maximum absolute atomic E-state index is 12.4. The zero-order chi connectivity index (χ0) is 17.1. The van der Waals surface area contributed by atoms with E-state index < -0.39 is 0 Å². The highest BCUT2D eigenvalue weighted by Crippen LogP contribution is 2.30. The summed E-state index contributed by atoms with van der Waals surface area (Å²) in [6, 6.07) is 7.54. The van der Waals surface area contributed by atoms with E-state index >= 15 is 0 Å². The Balaban J connectivity index is 1.48. The SMILES string of the molecule is CC(O)C1CCN(C(=O)Cc2ccc(NC(=O)C3CC3)cc2)CC1. The molecule has 2 N–H and O–H groups in total. The lowest BCUT2D eigenvalue weighted by molar-refractivity contribution is -0.132. The molecular formula is C19H26N2O3. The first-order valence-electron chi connectivity index (χ1n) is 8.88. The minimum atomic E-state index is -0.291. The number of nitrogens with one attached hydrogen (secondary N) is 1. The van der Waals surface area contributed by atoms with Crippen LogP contribution in [0.3, 0.4) is 0 Å². The van der Waals surface area contributed by atoms with Gasteiger partial charge in [0, 0.05) is 24.7 Å². The van der Waals surface area contributed by atoms with Crippen LogP contribution >= 0.6 is 0 Å². The summed E-state index contributed by atoms with van der Waals surface area (Å²) in [5.74, 6) is 0.729. The molecule has 1 saturated carbocycles. The van der Waals surface area contributed by atoms with Crippen molar-refractivity contribution in [3.05, 3.63) is 29.8 Å². The molecule has 0 bridgehead atoms. The quantitative estimate of drug-likeness (QED) is 0.869. The number of nitrogens with zero attached hydrogens (tertiary/aromatic N) is 1. The Labute approximate surface area is 143 Å². The second kappa shape index (κ2) is 7.34. The van der Waals surface area contributed by atoms with Crippen LogP contribution in [0.1, 0.15) is 38.2 Å². The van der Waals surface area contributed by atoms with Crippen molar-refractivity contribution < 1.29 is 14.7 Å². The first-order chi connectivity index (χ1) is 11.5. The summed E-state index contributed by atoms with van der Waals surface area (Å²) in [7, 11) is 0. The van der Waals surface area contributed by atoms with E-state index in [9.17, 15) is 14.7 Å². The van der Waals surface area contributed by atoms with Crippen LogP contribution in [0, 0.1) is 11.8 Å². The van der Waals surface area contributed by atoms with Crippen LogP contribution < -0.4 is 5.32 Å². The zero-order valence-corrected chi connectivity index (χ0v) is 14.2. The standard InChI is InChI=1S/C19H26N2O3/c1-13(22)15-8-10-21(11-9-15)18(23)12-14-2-6-17(7-3-14)20-19(24)16-4-5-16/h2-3,6-7,13,15-16,22H,4-5,8-12H2,1H3,(H,20,24). The molecule has 1 aliphatic carbocycles. The molecule has 130 valence electrons. The molecule has 1 aromatic rings. The van der Waals surface area contributed by atoms with E-state index in [0.717, 1.165) is 50.0 Å². The highest BCUT2D eigenvalue weighted by atomic mass is 16.3. The minimum Gasteiger partial charge on any atom is -0.393 e. The van der Waals surface area contributed by atoms with Crippen LogP contribution in [0.4, 0.5) is 5.69 Å². The summed E-state index contributed by atoms with van der Waals surface area (Å²) < 4.78 is 0. The average molecular weight is 330 g/mol. The van der Waals surface area contributed by atoms with Crippen molar-refractivity contribution in [1.29, 1.82) is 0 Å². The van der Waals surface area contributed by atoms with Gasteiger partial charge < -0.3 is 15.3 Å². The van der Waals surface area contributed by atoms with E-state index in [4.69, 9.17) is 0 Å². The smallest absolute Gasteiger partial charge is 0.227 e. The molecule has 24 heavy (non-hydrogen) atoms. The maximum atomic E-state index is 12.4. The molecule has 1 heterocycles. The Morgan fingerprint density at radius 3 is 2.33 bits per heavy atom. The van der Waals surface area contributed by atoms with Gasteiger partial charge in [-0.25, -0.2) is 0 Å². The van der Waals surface area contributed by atoms with Gasteiger partial charge in [0.15, 0.2) is 0 Å². The van der Waals surface area contributed by atoms with Gasteiger partial charge in [-0.15, -0.1) is 0 Å². The van der Waals surface area contributed by atoms with E-state index in [1.165, 1.54) is 0 Å². The van der Waals surface area contributed by atoms with E-state index in [1.54, 1.807) is 0 Å². The molecule has 5 nitrogen and oxygen atoms in total. The molecule has 5 heteroatoms. The van der Waals surface area contributed by atoms with Gasteiger partial charge in [0.05, 0.1) is 12.5 Å². The van der Waals surface area contributed by atoms with Gasteiger partial charge in [0.2, 0.25) is 11.8 Å². The lowest BCUT2D eigenvalue weighted by atomic mass is 9.92. The number of carbonyl (C=O) groups is 2. The average Bonchev–Trinajstić information content (AvgIpc) is 3.41. The van der Waals surface area contributed by atoms with E-state index in [0.29, 0.717) is 12.3 Å². The molecule has 1 atom stereocenters. The predicted molar refractivity (Wildman–Crippen MR) is 92.5 cm³/mol. The first-order valence-corrected chi connectivity index (χ1v) is 8.88. The van der Waals surface area contributed by atoms with Crippen LogP contribution in [0.2, 0.25) is 0 Å². The van der Waals surface area contributed by atoms with Crippen LogP contribution in [0.25, 0.3) is 0 Å². The number of amides is 2. The Morgan fingerprint density at radius 1 is 1.17 bits per heavy atom. The highest BCUT2D eigenvalue weighted by molar-refractivity contribution is 5.94. The fourth-order valence-electron chi connectivity index (χ4n) is 3.21. The monoisotopic (exact) mass is 330 g/mol. The number of hydrogen-bond donors (Lipinski definition) is 2. The summed E-state index contributed by atoms with van der Waals surface area (Å²) in [5.41, 5.74) is 1.75. The van der Waals surface area contributed by atoms with Gasteiger partial charge in [-0.2, -0.15) is 0 Å². The van der Waals surface area contributed by atoms with Crippen LogP contribution in [0.15, 0.2) is 24.3 Å². The third kappa shape index (κ3) is 4.35. The molecule has 2 amide bonds. The van der Waals surface area contributed by atoms with Crippen molar-refractivity contribution in [3.63, 3.8) is 0 Å².